The lowest BCUT2D eigenvalue weighted by molar-refractivity contribution is -0.122. The number of nitrogens with one attached hydrogen (secondary N) is 2. The first-order valence-electron chi connectivity index (χ1n) is 8.09. The number of halogens is 2. The van der Waals surface area contributed by atoms with Crippen molar-refractivity contribution in [2.24, 2.45) is 5.92 Å². The molecule has 0 aliphatic carbocycles. The number of rotatable bonds is 4. The highest BCUT2D eigenvalue weighted by Crippen LogP contribution is 2.32. The van der Waals surface area contributed by atoms with Crippen LogP contribution in [0.2, 0.25) is 0 Å². The van der Waals surface area contributed by atoms with Gasteiger partial charge in [0.25, 0.3) is 0 Å². The van der Waals surface area contributed by atoms with Crippen LogP contribution in [0.5, 0.6) is 0 Å². The van der Waals surface area contributed by atoms with Crippen LogP contribution in [-0.4, -0.2) is 32.6 Å². The van der Waals surface area contributed by atoms with Crippen molar-refractivity contribution >= 4 is 36.4 Å². The zero-order valence-electron chi connectivity index (χ0n) is 13.4. The van der Waals surface area contributed by atoms with E-state index in [2.05, 4.69) is 20.8 Å². The van der Waals surface area contributed by atoms with Gasteiger partial charge in [-0.25, -0.2) is 0 Å². The highest BCUT2D eigenvalue weighted by Gasteiger charge is 2.34. The molecule has 2 atom stereocenters. The molecular formula is C16H23Cl2N5O. The van der Waals surface area contributed by atoms with Gasteiger partial charge >= 0.3 is 0 Å². The smallest absolute Gasteiger partial charge is 0.220 e. The summed E-state index contributed by atoms with van der Waals surface area (Å²) in [5.41, 5.74) is 0.807. The molecule has 1 amide bonds. The second-order valence-corrected chi connectivity index (χ2v) is 6.50. The number of nitrogens with zero attached hydrogens (tertiary/aromatic N) is 3. The molecule has 2 aliphatic rings. The third kappa shape index (κ3) is 3.99. The minimum absolute atomic E-state index is 0. The molecule has 8 heteroatoms. The Labute approximate surface area is 153 Å². The van der Waals surface area contributed by atoms with Crippen molar-refractivity contribution < 1.29 is 4.79 Å². The fourth-order valence-electron chi connectivity index (χ4n) is 3.87. The molecular weight excluding hydrogens is 349 g/mol. The number of hydrogen-bond acceptors (Lipinski definition) is 4. The van der Waals surface area contributed by atoms with Gasteiger partial charge in [0.15, 0.2) is 11.5 Å². The molecule has 2 aromatic heterocycles. The first-order chi connectivity index (χ1) is 10.8. The monoisotopic (exact) mass is 371 g/mol. The van der Waals surface area contributed by atoms with E-state index in [4.69, 9.17) is 0 Å². The first kappa shape index (κ1) is 19.0. The van der Waals surface area contributed by atoms with Gasteiger partial charge in [-0.2, -0.15) is 0 Å². The normalized spacial score (nSPS) is 24.9. The van der Waals surface area contributed by atoms with Gasteiger partial charge in [-0.3, -0.25) is 9.20 Å². The second kappa shape index (κ2) is 8.14. The summed E-state index contributed by atoms with van der Waals surface area (Å²) in [6.45, 7) is 0.432. The largest absolute Gasteiger partial charge is 0.349 e. The van der Waals surface area contributed by atoms with E-state index in [1.165, 1.54) is 12.8 Å². The van der Waals surface area contributed by atoms with Crippen molar-refractivity contribution in [1.29, 1.82) is 0 Å². The summed E-state index contributed by atoms with van der Waals surface area (Å²) in [6.07, 6.45) is 7.37. The number of amides is 1. The number of fused-ring (bicyclic) bond motifs is 3. The molecule has 0 saturated carbocycles. The molecule has 2 fully saturated rings. The summed E-state index contributed by atoms with van der Waals surface area (Å²) >= 11 is 0. The Bertz CT molecular complexity index is 680. The van der Waals surface area contributed by atoms with E-state index in [9.17, 15) is 4.79 Å². The van der Waals surface area contributed by atoms with E-state index in [0.29, 0.717) is 31.0 Å². The molecule has 2 unspecified atom stereocenters. The summed E-state index contributed by atoms with van der Waals surface area (Å²) in [7, 11) is 0. The van der Waals surface area contributed by atoms with Crippen molar-refractivity contribution in [3.63, 3.8) is 0 Å². The van der Waals surface area contributed by atoms with E-state index >= 15 is 0 Å². The topological polar surface area (TPSA) is 71.3 Å². The van der Waals surface area contributed by atoms with Crippen molar-refractivity contribution in [1.82, 2.24) is 25.2 Å². The molecule has 2 bridgehead atoms. The molecule has 0 aromatic carbocycles. The molecule has 2 aromatic rings. The predicted molar refractivity (Wildman–Crippen MR) is 96.6 cm³/mol. The number of pyridine rings is 1. The Morgan fingerprint density at radius 1 is 1.21 bits per heavy atom. The molecule has 6 nitrogen and oxygen atoms in total. The maximum absolute atomic E-state index is 12.2. The van der Waals surface area contributed by atoms with Gasteiger partial charge < -0.3 is 10.6 Å². The SMILES string of the molecule is Cl.Cl.O=C(CC1CC2CCC(C1)N2)NCc1nnc2ccccn12. The van der Waals surface area contributed by atoms with Crippen molar-refractivity contribution in [3.8, 4) is 0 Å². The molecule has 2 saturated heterocycles. The summed E-state index contributed by atoms with van der Waals surface area (Å²) in [5.74, 6) is 1.42. The van der Waals surface area contributed by atoms with E-state index in [1.54, 1.807) is 0 Å². The first-order valence-corrected chi connectivity index (χ1v) is 8.09. The van der Waals surface area contributed by atoms with Gasteiger partial charge in [0.05, 0.1) is 6.54 Å². The Balaban J connectivity index is 0.00000104. The number of aromatic nitrogens is 3. The zero-order chi connectivity index (χ0) is 14.9. The van der Waals surface area contributed by atoms with Crippen LogP contribution in [0.15, 0.2) is 24.4 Å². The van der Waals surface area contributed by atoms with Crippen molar-refractivity contribution in [3.05, 3.63) is 30.2 Å². The average molecular weight is 372 g/mol. The maximum atomic E-state index is 12.2. The van der Waals surface area contributed by atoms with Crippen LogP contribution in [0, 0.1) is 5.92 Å². The van der Waals surface area contributed by atoms with E-state index in [-0.39, 0.29) is 30.7 Å². The van der Waals surface area contributed by atoms with Gasteiger partial charge in [-0.1, -0.05) is 6.07 Å². The highest BCUT2D eigenvalue weighted by molar-refractivity contribution is 5.85. The quantitative estimate of drug-likeness (QED) is 0.863. The fourth-order valence-corrected chi connectivity index (χ4v) is 3.87. The van der Waals surface area contributed by atoms with Crippen LogP contribution >= 0.6 is 24.8 Å². The number of piperidine rings is 1. The number of carbonyl (C=O) groups is 1. The molecule has 4 heterocycles. The molecule has 2 N–H and O–H groups in total. The third-order valence-electron chi connectivity index (χ3n) is 4.87. The van der Waals surface area contributed by atoms with Gasteiger partial charge in [0, 0.05) is 24.7 Å². The Morgan fingerprint density at radius 3 is 2.71 bits per heavy atom. The summed E-state index contributed by atoms with van der Waals surface area (Å²) in [5, 5.41) is 14.8. The van der Waals surface area contributed by atoms with Crippen LogP contribution in [0.25, 0.3) is 5.65 Å². The van der Waals surface area contributed by atoms with Crippen molar-refractivity contribution in [2.45, 2.75) is 50.7 Å². The summed E-state index contributed by atoms with van der Waals surface area (Å²) in [6, 6.07) is 7.04. The highest BCUT2D eigenvalue weighted by atomic mass is 35.5. The average Bonchev–Trinajstić information content (AvgIpc) is 3.08. The van der Waals surface area contributed by atoms with Gasteiger partial charge in [-0.05, 0) is 43.7 Å². The maximum Gasteiger partial charge on any atom is 0.220 e. The molecule has 132 valence electrons. The van der Waals surface area contributed by atoms with Gasteiger partial charge in [0.2, 0.25) is 5.91 Å². The fraction of sp³-hybridized carbons (Fsp3) is 0.562. The van der Waals surface area contributed by atoms with Crippen LogP contribution in [0.4, 0.5) is 0 Å². The van der Waals surface area contributed by atoms with Crippen LogP contribution in [-0.2, 0) is 11.3 Å². The number of hydrogen-bond donors (Lipinski definition) is 2. The van der Waals surface area contributed by atoms with Crippen molar-refractivity contribution in [2.75, 3.05) is 0 Å². The van der Waals surface area contributed by atoms with Gasteiger partial charge in [0.1, 0.15) is 0 Å². The molecule has 24 heavy (non-hydrogen) atoms. The van der Waals surface area contributed by atoms with Crippen LogP contribution in [0.3, 0.4) is 0 Å². The third-order valence-corrected chi connectivity index (χ3v) is 4.87. The lowest BCUT2D eigenvalue weighted by Gasteiger charge is -2.28. The molecule has 2 aliphatic heterocycles. The van der Waals surface area contributed by atoms with E-state index in [1.807, 2.05) is 28.8 Å². The number of carbonyl (C=O) groups excluding carboxylic acids is 1. The molecule has 0 radical (unpaired) electrons. The van der Waals surface area contributed by atoms with Crippen LogP contribution < -0.4 is 10.6 Å². The minimum Gasteiger partial charge on any atom is -0.349 e. The molecule has 4 rings (SSSR count). The minimum atomic E-state index is 0. The Kier molecular flexibility index (Phi) is 6.43. The molecule has 0 spiro atoms. The standard InChI is InChI=1S/C16H21N5O.2ClH/c22-16(9-11-7-12-4-5-13(8-11)18-12)17-10-15-20-19-14-3-1-2-6-21(14)15;;/h1-3,6,11-13,18H,4-5,7-10H2,(H,17,22);2*1H. The lowest BCUT2D eigenvalue weighted by atomic mass is 9.89. The Morgan fingerprint density at radius 2 is 1.96 bits per heavy atom. The van der Waals surface area contributed by atoms with Crippen LogP contribution in [0.1, 0.15) is 37.9 Å². The Hall–Kier alpha value is -1.37. The van der Waals surface area contributed by atoms with E-state index in [0.717, 1.165) is 24.3 Å². The van der Waals surface area contributed by atoms with E-state index < -0.39 is 0 Å². The van der Waals surface area contributed by atoms with Gasteiger partial charge in [-0.15, -0.1) is 35.0 Å². The predicted octanol–water partition coefficient (Wildman–Crippen LogP) is 2.11. The second-order valence-electron chi connectivity index (χ2n) is 6.50. The summed E-state index contributed by atoms with van der Waals surface area (Å²) < 4.78 is 1.91. The lowest BCUT2D eigenvalue weighted by Crippen LogP contribution is -2.39. The zero-order valence-corrected chi connectivity index (χ0v) is 15.0. The summed E-state index contributed by atoms with van der Waals surface area (Å²) in [4.78, 5) is 12.2.